The van der Waals surface area contributed by atoms with E-state index >= 15 is 0 Å². The van der Waals surface area contributed by atoms with E-state index in [0.717, 1.165) is 0 Å². The van der Waals surface area contributed by atoms with Crippen LogP contribution in [0.25, 0.3) is 0 Å². The topological polar surface area (TPSA) is 160 Å². The van der Waals surface area contributed by atoms with Crippen molar-refractivity contribution in [2.75, 3.05) is 13.2 Å². The lowest BCUT2D eigenvalue weighted by molar-refractivity contribution is -0.0452. The molecule has 0 spiro atoms. The molecule has 0 bridgehead atoms. The number of esters is 4. The molecule has 12 nitrogen and oxygen atoms in total. The van der Waals surface area contributed by atoms with Crippen LogP contribution < -0.4 is 0 Å². The van der Waals surface area contributed by atoms with Crippen LogP contribution in [-0.2, 0) is 23.7 Å². The second kappa shape index (κ2) is 14.2. The fourth-order valence-corrected chi connectivity index (χ4v) is 4.77. The molecule has 1 aliphatic heterocycles. The number of aromatic nitrogens is 2. The SMILES string of the molecule is CCOC(=O)c1n[nH]c([C@@H]2O[C@H](COC(=O)c3ccccc3)[C@@H](OC(=O)c3ccccc3)[C@H]2OC(=O)c2ccccc2)c1C=O. The predicted molar refractivity (Wildman–Crippen MR) is 156 cm³/mol. The number of rotatable bonds is 11. The number of carbonyl (C=O) groups is 5. The monoisotopic (exact) mass is 612 g/mol. The van der Waals surface area contributed by atoms with Gasteiger partial charge >= 0.3 is 23.9 Å². The Morgan fingerprint density at radius 2 is 1.24 bits per heavy atom. The number of H-pyrrole nitrogens is 1. The number of benzene rings is 3. The van der Waals surface area contributed by atoms with Gasteiger partial charge in [0.1, 0.15) is 18.8 Å². The summed E-state index contributed by atoms with van der Waals surface area (Å²) in [4.78, 5) is 64.2. The fourth-order valence-electron chi connectivity index (χ4n) is 4.77. The highest BCUT2D eigenvalue weighted by Crippen LogP contribution is 2.39. The zero-order valence-electron chi connectivity index (χ0n) is 24.0. The lowest BCUT2D eigenvalue weighted by Gasteiger charge is -2.24. The molecule has 1 aromatic heterocycles. The number of aldehydes is 1. The van der Waals surface area contributed by atoms with Crippen LogP contribution in [-0.4, -0.2) is 71.9 Å². The van der Waals surface area contributed by atoms with Crippen LogP contribution in [0.1, 0.15) is 70.6 Å². The van der Waals surface area contributed by atoms with Gasteiger partial charge in [-0.3, -0.25) is 9.89 Å². The van der Waals surface area contributed by atoms with E-state index in [1.165, 1.54) is 24.3 Å². The van der Waals surface area contributed by atoms with Crippen molar-refractivity contribution in [1.82, 2.24) is 10.2 Å². The van der Waals surface area contributed by atoms with Gasteiger partial charge in [-0.2, -0.15) is 5.10 Å². The second-order valence-electron chi connectivity index (χ2n) is 9.77. The maximum Gasteiger partial charge on any atom is 0.359 e. The molecule has 3 aromatic carbocycles. The number of aromatic amines is 1. The van der Waals surface area contributed by atoms with Gasteiger partial charge in [-0.15, -0.1) is 0 Å². The van der Waals surface area contributed by atoms with E-state index in [1.54, 1.807) is 73.7 Å². The Kier molecular flexibility index (Phi) is 9.75. The summed E-state index contributed by atoms with van der Waals surface area (Å²) in [6, 6.07) is 24.4. The summed E-state index contributed by atoms with van der Waals surface area (Å²) in [6.45, 7) is 1.20. The molecular weight excluding hydrogens is 584 g/mol. The van der Waals surface area contributed by atoms with Gasteiger partial charge in [-0.1, -0.05) is 54.6 Å². The van der Waals surface area contributed by atoms with Crippen LogP contribution in [0.4, 0.5) is 0 Å². The van der Waals surface area contributed by atoms with Gasteiger partial charge < -0.3 is 23.7 Å². The van der Waals surface area contributed by atoms with Crippen LogP contribution in [0.2, 0.25) is 0 Å². The molecule has 5 rings (SSSR count). The molecule has 0 radical (unpaired) electrons. The normalized spacial score (nSPS) is 18.9. The molecule has 2 heterocycles. The predicted octanol–water partition coefficient (Wildman–Crippen LogP) is 4.15. The number of hydrogen-bond acceptors (Lipinski definition) is 11. The van der Waals surface area contributed by atoms with Crippen LogP contribution in [0, 0.1) is 0 Å². The molecule has 0 amide bonds. The Balaban J connectivity index is 1.53. The zero-order chi connectivity index (χ0) is 31.8. The second-order valence-corrected chi connectivity index (χ2v) is 9.77. The summed E-state index contributed by atoms with van der Waals surface area (Å²) in [5.41, 5.74) is 0.124. The highest BCUT2D eigenvalue weighted by molar-refractivity contribution is 5.97. The molecule has 0 unspecified atom stereocenters. The highest BCUT2D eigenvalue weighted by atomic mass is 16.7. The first-order chi connectivity index (χ1) is 21.9. The van der Waals surface area contributed by atoms with Gasteiger partial charge in [0.15, 0.2) is 24.2 Å². The van der Waals surface area contributed by atoms with E-state index in [4.69, 9.17) is 23.7 Å². The molecule has 1 N–H and O–H groups in total. The maximum absolute atomic E-state index is 13.3. The summed E-state index contributed by atoms with van der Waals surface area (Å²) in [5, 5.41) is 6.57. The Morgan fingerprint density at radius 1 is 0.733 bits per heavy atom. The fraction of sp³-hybridized carbons (Fsp3) is 0.212. The molecular formula is C33H28N2O10. The third-order valence-corrected chi connectivity index (χ3v) is 6.91. The molecule has 45 heavy (non-hydrogen) atoms. The van der Waals surface area contributed by atoms with Crippen LogP contribution in [0.5, 0.6) is 0 Å². The van der Waals surface area contributed by atoms with Crippen molar-refractivity contribution in [1.29, 1.82) is 0 Å². The van der Waals surface area contributed by atoms with Crippen LogP contribution >= 0.6 is 0 Å². The maximum atomic E-state index is 13.3. The first kappa shape index (κ1) is 30.8. The number of nitrogens with zero attached hydrogens (tertiary/aromatic N) is 1. The molecule has 1 saturated heterocycles. The first-order valence-electron chi connectivity index (χ1n) is 14.0. The van der Waals surface area contributed by atoms with Crippen molar-refractivity contribution in [2.45, 2.75) is 31.3 Å². The minimum Gasteiger partial charge on any atom is -0.461 e. The van der Waals surface area contributed by atoms with Crippen molar-refractivity contribution < 1.29 is 47.7 Å². The Morgan fingerprint density at radius 3 is 1.76 bits per heavy atom. The quantitative estimate of drug-likeness (QED) is 0.147. The van der Waals surface area contributed by atoms with Crippen molar-refractivity contribution in [2.24, 2.45) is 0 Å². The summed E-state index contributed by atoms with van der Waals surface area (Å²) >= 11 is 0. The molecule has 1 fully saturated rings. The highest BCUT2D eigenvalue weighted by Gasteiger charge is 2.52. The molecule has 0 aliphatic carbocycles. The van der Waals surface area contributed by atoms with Crippen molar-refractivity contribution in [3.63, 3.8) is 0 Å². The van der Waals surface area contributed by atoms with E-state index in [2.05, 4.69) is 10.2 Å². The number of nitrogens with one attached hydrogen (secondary N) is 1. The zero-order valence-corrected chi connectivity index (χ0v) is 24.0. The lowest BCUT2D eigenvalue weighted by Crippen LogP contribution is -2.41. The van der Waals surface area contributed by atoms with Gasteiger partial charge in [-0.05, 0) is 43.3 Å². The summed E-state index contributed by atoms with van der Waals surface area (Å²) in [6.07, 6.45) is -4.84. The van der Waals surface area contributed by atoms with Gasteiger partial charge in [0.25, 0.3) is 0 Å². The summed E-state index contributed by atoms with van der Waals surface area (Å²) in [7, 11) is 0. The van der Waals surface area contributed by atoms with Gasteiger partial charge in [0.05, 0.1) is 34.6 Å². The molecule has 1 aliphatic rings. The molecule has 230 valence electrons. The Labute approximate surface area is 257 Å². The molecule has 0 saturated carbocycles. The van der Waals surface area contributed by atoms with Gasteiger partial charge in [0, 0.05) is 0 Å². The summed E-state index contributed by atoms with van der Waals surface area (Å²) < 4.78 is 28.5. The standard InChI is InChI=1S/C33H28N2O10/c1-2-41-33(40)26-23(18-36)25(34-35-26)28-29(45-32(39)22-16-10-5-11-17-22)27(44-31(38)21-14-8-4-9-15-21)24(43-28)19-42-30(37)20-12-6-3-7-13-20/h3-18,24,27-29H,2,19H2,1H3,(H,34,35)/t24-,27-,28+,29-/m1/s1. The van der Waals surface area contributed by atoms with Crippen LogP contribution in [0.15, 0.2) is 91.0 Å². The molecule has 4 atom stereocenters. The van der Waals surface area contributed by atoms with E-state index in [-0.39, 0.29) is 40.2 Å². The number of hydrogen-bond donors (Lipinski definition) is 1. The lowest BCUT2D eigenvalue weighted by atomic mass is 10.0. The first-order valence-corrected chi connectivity index (χ1v) is 14.0. The number of ether oxygens (including phenoxy) is 5. The third kappa shape index (κ3) is 6.97. The molecule has 12 heteroatoms. The Bertz CT molecular complexity index is 1660. The van der Waals surface area contributed by atoms with Crippen LogP contribution in [0.3, 0.4) is 0 Å². The minimum absolute atomic E-state index is 0.0307. The minimum atomic E-state index is -1.39. The van der Waals surface area contributed by atoms with E-state index in [9.17, 15) is 24.0 Å². The Hall–Kier alpha value is -5.62. The summed E-state index contributed by atoms with van der Waals surface area (Å²) in [5.74, 6) is -3.08. The van der Waals surface area contributed by atoms with Crippen molar-refractivity contribution >= 4 is 30.2 Å². The van der Waals surface area contributed by atoms with Gasteiger partial charge in [0.2, 0.25) is 0 Å². The molecule has 4 aromatic rings. The van der Waals surface area contributed by atoms with Gasteiger partial charge in [-0.25, -0.2) is 19.2 Å². The average molecular weight is 613 g/mol. The van der Waals surface area contributed by atoms with E-state index in [1.807, 2.05) is 0 Å². The third-order valence-electron chi connectivity index (χ3n) is 6.91. The smallest absolute Gasteiger partial charge is 0.359 e. The number of carbonyl (C=O) groups excluding carboxylic acids is 5. The van der Waals surface area contributed by atoms with Crippen molar-refractivity contribution in [3.8, 4) is 0 Å². The average Bonchev–Trinajstić information content (AvgIpc) is 3.65. The van der Waals surface area contributed by atoms with E-state index < -0.39 is 54.9 Å². The van der Waals surface area contributed by atoms with Crippen molar-refractivity contribution in [3.05, 3.63) is 125 Å². The largest absolute Gasteiger partial charge is 0.461 e. The van der Waals surface area contributed by atoms with E-state index in [0.29, 0.717) is 6.29 Å².